The molecule has 2 rings (SSSR count). The predicted molar refractivity (Wildman–Crippen MR) is 85.1 cm³/mol. The second-order valence-corrected chi connectivity index (χ2v) is 5.96. The first-order valence-corrected chi connectivity index (χ1v) is 7.42. The molecule has 0 fully saturated rings. The van der Waals surface area contributed by atoms with E-state index in [1.54, 1.807) is 0 Å². The normalized spacial score (nSPS) is 11.6. The average molecular weight is 289 g/mol. The summed E-state index contributed by atoms with van der Waals surface area (Å²) in [5.74, 6) is 0.612. The molecule has 0 spiro atoms. The molecule has 0 aliphatic heterocycles. The second-order valence-electron chi connectivity index (χ2n) is 5.70. The van der Waals surface area contributed by atoms with Gasteiger partial charge >= 0.3 is 0 Å². The molecule has 1 nitrogen and oxygen atoms in total. The Balaban J connectivity index is 1.95. The number of hydrogen-bond acceptors (Lipinski definition) is 1. The van der Waals surface area contributed by atoms with E-state index in [4.69, 9.17) is 16.3 Å². The first kappa shape index (κ1) is 15.1. The van der Waals surface area contributed by atoms with Crippen molar-refractivity contribution in [3.8, 4) is 0 Å². The van der Waals surface area contributed by atoms with Gasteiger partial charge in [-0.25, -0.2) is 0 Å². The standard InChI is InChI=1S/C18H21ClO/c1-18(2,14-19)17-10-6-9-16(11-17)13-20-12-15-7-4-3-5-8-15/h3-11H,12-14H2,1-2H3. The van der Waals surface area contributed by atoms with Crippen LogP contribution in [0.15, 0.2) is 54.6 Å². The summed E-state index contributed by atoms with van der Waals surface area (Å²) in [6.45, 7) is 5.58. The lowest BCUT2D eigenvalue weighted by Gasteiger charge is -2.22. The predicted octanol–water partition coefficient (Wildman–Crippen LogP) is 4.92. The van der Waals surface area contributed by atoms with Crippen LogP contribution in [-0.2, 0) is 23.4 Å². The third kappa shape index (κ3) is 4.09. The Hall–Kier alpha value is -1.31. The quantitative estimate of drug-likeness (QED) is 0.686. The van der Waals surface area contributed by atoms with E-state index >= 15 is 0 Å². The van der Waals surface area contributed by atoms with Gasteiger partial charge in [0, 0.05) is 11.3 Å². The van der Waals surface area contributed by atoms with Crippen LogP contribution in [0.4, 0.5) is 0 Å². The van der Waals surface area contributed by atoms with Crippen molar-refractivity contribution in [2.45, 2.75) is 32.5 Å². The number of benzene rings is 2. The van der Waals surface area contributed by atoms with Crippen LogP contribution in [-0.4, -0.2) is 5.88 Å². The van der Waals surface area contributed by atoms with Crippen LogP contribution < -0.4 is 0 Å². The Bertz CT molecular complexity index is 534. The molecule has 0 saturated heterocycles. The molecule has 20 heavy (non-hydrogen) atoms. The fourth-order valence-corrected chi connectivity index (χ4v) is 2.17. The third-order valence-corrected chi connectivity index (χ3v) is 4.09. The monoisotopic (exact) mass is 288 g/mol. The minimum absolute atomic E-state index is 0.00298. The average Bonchev–Trinajstić information content (AvgIpc) is 2.49. The molecule has 0 aliphatic carbocycles. The maximum Gasteiger partial charge on any atom is 0.0721 e. The summed E-state index contributed by atoms with van der Waals surface area (Å²) in [6.07, 6.45) is 0. The lowest BCUT2D eigenvalue weighted by atomic mass is 9.86. The first-order chi connectivity index (χ1) is 9.62. The van der Waals surface area contributed by atoms with E-state index in [1.807, 2.05) is 18.2 Å². The van der Waals surface area contributed by atoms with Gasteiger partial charge in [-0.3, -0.25) is 0 Å². The van der Waals surface area contributed by atoms with Crippen LogP contribution in [0, 0.1) is 0 Å². The molecule has 0 heterocycles. The van der Waals surface area contributed by atoms with Gasteiger partial charge < -0.3 is 4.74 Å². The molecule has 0 aliphatic rings. The number of halogens is 1. The highest BCUT2D eigenvalue weighted by Crippen LogP contribution is 2.25. The summed E-state index contributed by atoms with van der Waals surface area (Å²) in [4.78, 5) is 0. The molecule has 0 amide bonds. The summed E-state index contributed by atoms with van der Waals surface area (Å²) in [7, 11) is 0. The molecule has 2 aromatic rings. The lowest BCUT2D eigenvalue weighted by Crippen LogP contribution is -2.19. The van der Waals surface area contributed by atoms with Crippen LogP contribution >= 0.6 is 11.6 Å². The van der Waals surface area contributed by atoms with E-state index in [-0.39, 0.29) is 5.41 Å². The molecule has 0 saturated carbocycles. The van der Waals surface area contributed by atoms with Crippen LogP contribution in [0.3, 0.4) is 0 Å². The first-order valence-electron chi connectivity index (χ1n) is 6.89. The van der Waals surface area contributed by atoms with Crippen LogP contribution in [0.2, 0.25) is 0 Å². The molecule has 0 aromatic heterocycles. The number of ether oxygens (including phenoxy) is 1. The largest absolute Gasteiger partial charge is 0.372 e. The Kier molecular flexibility index (Phi) is 5.22. The molecule has 0 atom stereocenters. The van der Waals surface area contributed by atoms with E-state index in [0.29, 0.717) is 19.1 Å². The molecule has 0 radical (unpaired) electrons. The van der Waals surface area contributed by atoms with Gasteiger partial charge in [0.1, 0.15) is 0 Å². The van der Waals surface area contributed by atoms with Gasteiger partial charge in [0.15, 0.2) is 0 Å². The third-order valence-electron chi connectivity index (χ3n) is 3.42. The maximum atomic E-state index is 6.03. The van der Waals surface area contributed by atoms with Gasteiger partial charge in [-0.1, -0.05) is 68.4 Å². The minimum Gasteiger partial charge on any atom is -0.372 e. The van der Waals surface area contributed by atoms with Gasteiger partial charge in [-0.2, -0.15) is 0 Å². The number of rotatable bonds is 6. The fourth-order valence-electron chi connectivity index (χ4n) is 2.02. The van der Waals surface area contributed by atoms with Crippen molar-refractivity contribution in [2.75, 3.05) is 5.88 Å². The SMILES string of the molecule is CC(C)(CCl)c1cccc(COCc2ccccc2)c1. The van der Waals surface area contributed by atoms with E-state index in [0.717, 1.165) is 0 Å². The summed E-state index contributed by atoms with van der Waals surface area (Å²) in [6, 6.07) is 18.7. The zero-order valence-corrected chi connectivity index (χ0v) is 12.9. The van der Waals surface area contributed by atoms with Crippen molar-refractivity contribution in [1.29, 1.82) is 0 Å². The topological polar surface area (TPSA) is 9.23 Å². The minimum atomic E-state index is -0.00298. The summed E-state index contributed by atoms with van der Waals surface area (Å²) < 4.78 is 5.77. The van der Waals surface area contributed by atoms with Crippen LogP contribution in [0.1, 0.15) is 30.5 Å². The van der Waals surface area contributed by atoms with Gasteiger partial charge in [0.05, 0.1) is 13.2 Å². The Morgan fingerprint density at radius 1 is 0.900 bits per heavy atom. The summed E-state index contributed by atoms with van der Waals surface area (Å²) in [5.41, 5.74) is 3.64. The van der Waals surface area contributed by atoms with Gasteiger partial charge in [0.25, 0.3) is 0 Å². The van der Waals surface area contributed by atoms with Gasteiger partial charge in [-0.05, 0) is 16.7 Å². The van der Waals surface area contributed by atoms with Gasteiger partial charge in [0.2, 0.25) is 0 Å². The van der Waals surface area contributed by atoms with Crippen LogP contribution in [0.25, 0.3) is 0 Å². The van der Waals surface area contributed by atoms with E-state index in [1.165, 1.54) is 16.7 Å². The van der Waals surface area contributed by atoms with Crippen molar-refractivity contribution in [1.82, 2.24) is 0 Å². The second kappa shape index (κ2) is 6.92. The Labute approximate surface area is 126 Å². The van der Waals surface area contributed by atoms with Crippen molar-refractivity contribution in [3.05, 3.63) is 71.3 Å². The highest BCUT2D eigenvalue weighted by Gasteiger charge is 2.19. The molecule has 106 valence electrons. The molecular formula is C18H21ClO. The number of alkyl halides is 1. The Morgan fingerprint density at radius 3 is 2.25 bits per heavy atom. The highest BCUT2D eigenvalue weighted by atomic mass is 35.5. The van der Waals surface area contributed by atoms with Crippen LogP contribution in [0.5, 0.6) is 0 Å². The molecular weight excluding hydrogens is 268 g/mol. The molecule has 2 heteroatoms. The summed E-state index contributed by atoms with van der Waals surface area (Å²) >= 11 is 6.03. The zero-order chi connectivity index (χ0) is 14.4. The lowest BCUT2D eigenvalue weighted by molar-refractivity contribution is 0.107. The van der Waals surface area contributed by atoms with E-state index < -0.39 is 0 Å². The van der Waals surface area contributed by atoms with Crippen molar-refractivity contribution < 1.29 is 4.74 Å². The Morgan fingerprint density at radius 2 is 1.55 bits per heavy atom. The fraction of sp³-hybridized carbons (Fsp3) is 0.333. The molecule has 0 bridgehead atoms. The molecule has 2 aromatic carbocycles. The molecule has 0 N–H and O–H groups in total. The summed E-state index contributed by atoms with van der Waals surface area (Å²) in [5, 5.41) is 0. The van der Waals surface area contributed by atoms with Crippen molar-refractivity contribution >= 4 is 11.6 Å². The maximum absolute atomic E-state index is 6.03. The zero-order valence-electron chi connectivity index (χ0n) is 12.1. The molecule has 0 unspecified atom stereocenters. The van der Waals surface area contributed by atoms with Crippen molar-refractivity contribution in [3.63, 3.8) is 0 Å². The highest BCUT2D eigenvalue weighted by molar-refractivity contribution is 6.18. The van der Waals surface area contributed by atoms with E-state index in [9.17, 15) is 0 Å². The smallest absolute Gasteiger partial charge is 0.0721 e. The van der Waals surface area contributed by atoms with Gasteiger partial charge in [-0.15, -0.1) is 11.6 Å². The van der Waals surface area contributed by atoms with Crippen molar-refractivity contribution in [2.24, 2.45) is 0 Å². The van der Waals surface area contributed by atoms with E-state index in [2.05, 4.69) is 50.2 Å². The number of hydrogen-bond donors (Lipinski definition) is 0.